The Bertz CT molecular complexity index is 37.3. The zero-order valence-corrected chi connectivity index (χ0v) is 5.05. The van der Waals surface area contributed by atoms with Gasteiger partial charge in [0.2, 0.25) is 0 Å². The zero-order chi connectivity index (χ0) is 5.21. The van der Waals surface area contributed by atoms with Crippen LogP contribution in [-0.2, 0) is 0 Å². The fraction of sp³-hybridized carbons (Fsp3) is 0.750. The maximum atomic E-state index is 4.03. The molecular weight excluding hydrogens is 94.1 g/mol. The molecule has 1 radical (unpaired) electrons. The monoisotopic (exact) mass is 104 g/mol. The number of hydrogen-bond donors (Lipinski definition) is 2. The third kappa shape index (κ3) is 4.31. The standard InChI is InChI=1S/C4H10NS/c1-4(2,6)5-3/h5-6H,1H2,2-3H3. The van der Waals surface area contributed by atoms with Crippen molar-refractivity contribution in [3.63, 3.8) is 0 Å². The average Bonchev–Trinajstić information content (AvgIpc) is 1.35. The van der Waals surface area contributed by atoms with Crippen LogP contribution in [-0.4, -0.2) is 11.9 Å². The topological polar surface area (TPSA) is 12.0 Å². The molecule has 6 heavy (non-hydrogen) atoms. The van der Waals surface area contributed by atoms with Crippen molar-refractivity contribution in [1.29, 1.82) is 0 Å². The number of rotatable bonds is 1. The first-order valence-electron chi connectivity index (χ1n) is 1.83. The highest BCUT2D eigenvalue weighted by Gasteiger charge is 2.03. The molecule has 0 aliphatic rings. The van der Waals surface area contributed by atoms with Crippen LogP contribution >= 0.6 is 12.6 Å². The van der Waals surface area contributed by atoms with Crippen LogP contribution in [0.3, 0.4) is 0 Å². The molecule has 2 heteroatoms. The molecule has 0 saturated heterocycles. The Kier molecular flexibility index (Phi) is 1.94. The average molecular weight is 104 g/mol. The Balaban J connectivity index is 3.17. The third-order valence-corrected chi connectivity index (χ3v) is 0.762. The van der Waals surface area contributed by atoms with Gasteiger partial charge >= 0.3 is 0 Å². The Morgan fingerprint density at radius 2 is 2.00 bits per heavy atom. The van der Waals surface area contributed by atoms with Gasteiger partial charge in [0.15, 0.2) is 0 Å². The highest BCUT2D eigenvalue weighted by molar-refractivity contribution is 7.81. The van der Waals surface area contributed by atoms with Crippen molar-refractivity contribution in [1.82, 2.24) is 5.32 Å². The van der Waals surface area contributed by atoms with E-state index in [1.807, 2.05) is 14.0 Å². The second-order valence-corrected chi connectivity index (χ2v) is 2.51. The van der Waals surface area contributed by atoms with Crippen LogP contribution in [0.15, 0.2) is 0 Å². The Morgan fingerprint density at radius 1 is 1.83 bits per heavy atom. The molecular formula is C4H10NS. The maximum Gasteiger partial charge on any atom is 0.0585 e. The molecule has 0 aromatic rings. The minimum absolute atomic E-state index is 0.264. The van der Waals surface area contributed by atoms with E-state index in [0.29, 0.717) is 0 Å². The Morgan fingerprint density at radius 3 is 2.00 bits per heavy atom. The van der Waals surface area contributed by atoms with Gasteiger partial charge in [0.05, 0.1) is 4.87 Å². The molecule has 37 valence electrons. The van der Waals surface area contributed by atoms with E-state index < -0.39 is 0 Å². The molecule has 0 aliphatic heterocycles. The van der Waals surface area contributed by atoms with Gasteiger partial charge in [-0.15, -0.1) is 0 Å². The van der Waals surface area contributed by atoms with Crippen molar-refractivity contribution < 1.29 is 0 Å². The predicted octanol–water partition coefficient (Wildman–Crippen LogP) is 0.686. The van der Waals surface area contributed by atoms with Gasteiger partial charge in [-0.25, -0.2) is 0 Å². The summed E-state index contributed by atoms with van der Waals surface area (Å²) in [7, 11) is 1.82. The molecule has 1 atom stereocenters. The first kappa shape index (κ1) is 6.31. The van der Waals surface area contributed by atoms with Crippen molar-refractivity contribution in [2.24, 2.45) is 0 Å². The summed E-state index contributed by atoms with van der Waals surface area (Å²) in [6, 6.07) is 0. The number of nitrogens with one attached hydrogen (secondary N) is 1. The molecule has 0 aliphatic carbocycles. The van der Waals surface area contributed by atoms with Gasteiger partial charge in [-0.05, 0) is 20.9 Å². The molecule has 0 bridgehead atoms. The lowest BCUT2D eigenvalue weighted by Gasteiger charge is -2.13. The second-order valence-electron chi connectivity index (χ2n) is 1.52. The summed E-state index contributed by atoms with van der Waals surface area (Å²) in [6.07, 6.45) is 0. The summed E-state index contributed by atoms with van der Waals surface area (Å²) in [5.41, 5.74) is 0. The molecule has 1 unspecified atom stereocenters. The lowest BCUT2D eigenvalue weighted by atomic mass is 10.4. The van der Waals surface area contributed by atoms with Gasteiger partial charge in [-0.3, -0.25) is 0 Å². The van der Waals surface area contributed by atoms with E-state index in [9.17, 15) is 0 Å². The van der Waals surface area contributed by atoms with Gasteiger partial charge in [0, 0.05) is 0 Å². The summed E-state index contributed by atoms with van der Waals surface area (Å²) < 4.78 is 0. The minimum atomic E-state index is -0.264. The first-order chi connectivity index (χ1) is 2.56. The molecule has 0 spiro atoms. The van der Waals surface area contributed by atoms with Crippen molar-refractivity contribution in [2.45, 2.75) is 11.8 Å². The van der Waals surface area contributed by atoms with E-state index in [2.05, 4.69) is 24.9 Å². The van der Waals surface area contributed by atoms with Gasteiger partial charge in [0.25, 0.3) is 0 Å². The minimum Gasteiger partial charge on any atom is -0.306 e. The van der Waals surface area contributed by atoms with E-state index in [-0.39, 0.29) is 4.87 Å². The molecule has 0 saturated carbocycles. The third-order valence-electron chi connectivity index (χ3n) is 0.539. The van der Waals surface area contributed by atoms with E-state index in [4.69, 9.17) is 0 Å². The maximum absolute atomic E-state index is 4.03. The molecule has 0 rings (SSSR count). The lowest BCUT2D eigenvalue weighted by Crippen LogP contribution is -2.29. The van der Waals surface area contributed by atoms with Crippen LogP contribution in [0.2, 0.25) is 0 Å². The summed E-state index contributed by atoms with van der Waals surface area (Å²) in [5.74, 6) is 0. The summed E-state index contributed by atoms with van der Waals surface area (Å²) in [4.78, 5) is -0.264. The van der Waals surface area contributed by atoms with Crippen molar-refractivity contribution >= 4 is 12.6 Å². The normalized spacial score (nSPS) is 12.0. The molecule has 0 aromatic carbocycles. The molecule has 0 heterocycles. The summed E-state index contributed by atoms with van der Waals surface area (Å²) >= 11 is 4.03. The molecule has 0 aromatic heterocycles. The summed E-state index contributed by atoms with van der Waals surface area (Å²) in [6.45, 7) is 5.53. The highest BCUT2D eigenvalue weighted by Crippen LogP contribution is 2.02. The fourth-order valence-corrected chi connectivity index (χ4v) is 0. The van der Waals surface area contributed by atoms with Gasteiger partial charge in [-0.2, -0.15) is 12.6 Å². The van der Waals surface area contributed by atoms with Crippen molar-refractivity contribution in [3.05, 3.63) is 6.92 Å². The first-order valence-corrected chi connectivity index (χ1v) is 2.27. The number of thiol groups is 1. The fourth-order valence-electron chi connectivity index (χ4n) is 0. The second kappa shape index (κ2) is 1.85. The zero-order valence-electron chi connectivity index (χ0n) is 4.15. The Hall–Kier alpha value is 0.310. The quantitative estimate of drug-likeness (QED) is 0.368. The molecule has 1 N–H and O–H groups in total. The van der Waals surface area contributed by atoms with E-state index in [1.54, 1.807) is 0 Å². The van der Waals surface area contributed by atoms with E-state index in [1.165, 1.54) is 0 Å². The van der Waals surface area contributed by atoms with Crippen LogP contribution in [0.1, 0.15) is 6.92 Å². The lowest BCUT2D eigenvalue weighted by molar-refractivity contribution is 0.673. The predicted molar refractivity (Wildman–Crippen MR) is 31.8 cm³/mol. The largest absolute Gasteiger partial charge is 0.306 e. The smallest absolute Gasteiger partial charge is 0.0585 e. The molecule has 0 amide bonds. The molecule has 0 fully saturated rings. The van der Waals surface area contributed by atoms with Crippen LogP contribution in [0, 0.1) is 6.92 Å². The highest BCUT2D eigenvalue weighted by atomic mass is 32.1. The van der Waals surface area contributed by atoms with E-state index >= 15 is 0 Å². The van der Waals surface area contributed by atoms with Crippen LogP contribution in [0.4, 0.5) is 0 Å². The van der Waals surface area contributed by atoms with Gasteiger partial charge < -0.3 is 5.32 Å². The van der Waals surface area contributed by atoms with Crippen molar-refractivity contribution in [3.8, 4) is 0 Å². The van der Waals surface area contributed by atoms with Crippen molar-refractivity contribution in [2.75, 3.05) is 7.05 Å². The van der Waals surface area contributed by atoms with Crippen LogP contribution in [0.25, 0.3) is 0 Å². The molecule has 1 nitrogen and oxygen atoms in total. The summed E-state index contributed by atoms with van der Waals surface area (Å²) in [5, 5.41) is 2.86. The van der Waals surface area contributed by atoms with Crippen LogP contribution < -0.4 is 5.32 Å². The Labute approximate surface area is 44.5 Å². The van der Waals surface area contributed by atoms with Gasteiger partial charge in [-0.1, -0.05) is 0 Å². The van der Waals surface area contributed by atoms with E-state index in [0.717, 1.165) is 0 Å². The van der Waals surface area contributed by atoms with Gasteiger partial charge in [0.1, 0.15) is 0 Å². The van der Waals surface area contributed by atoms with Crippen LogP contribution in [0.5, 0.6) is 0 Å². The SMILES string of the molecule is [CH2]C(C)(S)NC. The number of hydrogen-bond acceptors (Lipinski definition) is 2.